The van der Waals surface area contributed by atoms with Gasteiger partial charge in [-0.1, -0.05) is 20.8 Å². The number of hydrogen-bond acceptors (Lipinski definition) is 3. The van der Waals surface area contributed by atoms with E-state index in [9.17, 15) is 4.21 Å². The fraction of sp³-hybridized carbons (Fsp3) is 1.00. The summed E-state index contributed by atoms with van der Waals surface area (Å²) in [5.74, 6) is 2.23. The van der Waals surface area contributed by atoms with Crippen LogP contribution in [0.3, 0.4) is 0 Å². The van der Waals surface area contributed by atoms with Gasteiger partial charge in [0.15, 0.2) is 0 Å². The summed E-state index contributed by atoms with van der Waals surface area (Å²) in [5, 5.41) is 0. The summed E-state index contributed by atoms with van der Waals surface area (Å²) in [6.45, 7) is 8.19. The molecule has 0 heterocycles. The molecular weight excluding hydrogens is 198 g/mol. The number of ether oxygens (including phenoxy) is 1. The van der Waals surface area contributed by atoms with Crippen LogP contribution in [0, 0.1) is 11.8 Å². The van der Waals surface area contributed by atoms with Gasteiger partial charge in [-0.25, -0.2) is 0 Å². The summed E-state index contributed by atoms with van der Waals surface area (Å²) in [6.07, 6.45) is 0. The van der Waals surface area contributed by atoms with Crippen LogP contribution in [0.5, 0.6) is 0 Å². The molecule has 14 heavy (non-hydrogen) atoms. The van der Waals surface area contributed by atoms with Crippen LogP contribution in [0.15, 0.2) is 0 Å². The molecule has 0 fully saturated rings. The highest BCUT2D eigenvalue weighted by Gasteiger charge is 2.05. The minimum Gasteiger partial charge on any atom is -0.380 e. The lowest BCUT2D eigenvalue weighted by Gasteiger charge is -2.09. The zero-order valence-electron chi connectivity index (χ0n) is 9.49. The summed E-state index contributed by atoms with van der Waals surface area (Å²) in [5.41, 5.74) is 5.45. The normalized spacial score (nSPS) is 15.8. The van der Waals surface area contributed by atoms with E-state index >= 15 is 0 Å². The smallest absolute Gasteiger partial charge is 0.0581 e. The molecule has 0 saturated carbocycles. The Balaban J connectivity index is 3.36. The first-order valence-electron chi connectivity index (χ1n) is 5.19. The molecular formula is C10H23NO2S. The quantitative estimate of drug-likeness (QED) is 0.622. The highest BCUT2D eigenvalue weighted by molar-refractivity contribution is 7.85. The standard InChI is InChI=1S/C10H23NO2S/c1-9(2)7-13-4-5-14(12)8-10(3)6-11/h9-10H,4-8,11H2,1-3H3. The van der Waals surface area contributed by atoms with E-state index in [4.69, 9.17) is 10.5 Å². The molecule has 0 aromatic carbocycles. The predicted octanol–water partition coefficient (Wildman–Crippen LogP) is 1.00. The SMILES string of the molecule is CC(C)COCCS(=O)CC(C)CN. The van der Waals surface area contributed by atoms with Crippen LogP contribution < -0.4 is 5.73 Å². The number of nitrogens with two attached hydrogens (primary N) is 1. The van der Waals surface area contributed by atoms with Gasteiger partial charge in [0, 0.05) is 28.9 Å². The van der Waals surface area contributed by atoms with E-state index in [2.05, 4.69) is 13.8 Å². The first-order chi connectivity index (χ1) is 6.56. The lowest BCUT2D eigenvalue weighted by molar-refractivity contribution is 0.123. The first-order valence-corrected chi connectivity index (χ1v) is 6.67. The summed E-state index contributed by atoms with van der Waals surface area (Å²) in [7, 11) is -0.770. The fourth-order valence-electron chi connectivity index (χ4n) is 0.940. The molecule has 2 unspecified atom stereocenters. The van der Waals surface area contributed by atoms with E-state index in [-0.39, 0.29) is 0 Å². The summed E-state index contributed by atoms with van der Waals surface area (Å²) in [6, 6.07) is 0. The minimum absolute atomic E-state index is 0.348. The highest BCUT2D eigenvalue weighted by Crippen LogP contribution is 1.97. The van der Waals surface area contributed by atoms with Gasteiger partial charge < -0.3 is 10.5 Å². The van der Waals surface area contributed by atoms with Gasteiger partial charge in [0.25, 0.3) is 0 Å². The van der Waals surface area contributed by atoms with Crippen LogP contribution in [-0.2, 0) is 15.5 Å². The third-order valence-electron chi connectivity index (χ3n) is 1.78. The van der Waals surface area contributed by atoms with Gasteiger partial charge in [-0.3, -0.25) is 4.21 Å². The van der Waals surface area contributed by atoms with Gasteiger partial charge in [0.05, 0.1) is 6.61 Å². The monoisotopic (exact) mass is 221 g/mol. The van der Waals surface area contributed by atoms with Crippen molar-refractivity contribution in [1.82, 2.24) is 0 Å². The Kier molecular flexibility index (Phi) is 8.43. The summed E-state index contributed by atoms with van der Waals surface area (Å²) >= 11 is 0. The van der Waals surface area contributed by atoms with Gasteiger partial charge in [-0.2, -0.15) is 0 Å². The van der Waals surface area contributed by atoms with Crippen molar-refractivity contribution in [3.8, 4) is 0 Å². The van der Waals surface area contributed by atoms with E-state index in [1.54, 1.807) is 0 Å². The molecule has 0 aliphatic rings. The van der Waals surface area contributed by atoms with Crippen molar-refractivity contribution in [2.75, 3.05) is 31.3 Å². The molecule has 0 aliphatic carbocycles. The van der Waals surface area contributed by atoms with Crippen LogP contribution >= 0.6 is 0 Å². The van der Waals surface area contributed by atoms with Crippen LogP contribution in [0.1, 0.15) is 20.8 Å². The zero-order chi connectivity index (χ0) is 11.0. The third-order valence-corrected chi connectivity index (χ3v) is 3.34. The van der Waals surface area contributed by atoms with E-state index in [0.717, 1.165) is 6.61 Å². The van der Waals surface area contributed by atoms with E-state index in [1.165, 1.54) is 0 Å². The molecule has 0 rings (SSSR count). The van der Waals surface area contributed by atoms with Crippen LogP contribution in [0.2, 0.25) is 0 Å². The van der Waals surface area contributed by atoms with Crippen molar-refractivity contribution in [1.29, 1.82) is 0 Å². The average molecular weight is 221 g/mol. The molecule has 86 valence electrons. The molecule has 2 N–H and O–H groups in total. The lowest BCUT2D eigenvalue weighted by Crippen LogP contribution is -2.20. The van der Waals surface area contributed by atoms with Gasteiger partial charge in [0.1, 0.15) is 0 Å². The summed E-state index contributed by atoms with van der Waals surface area (Å²) < 4.78 is 16.8. The van der Waals surface area contributed by atoms with Gasteiger partial charge >= 0.3 is 0 Å². The Morgan fingerprint density at radius 1 is 1.36 bits per heavy atom. The number of rotatable bonds is 8. The molecule has 0 aromatic rings. The van der Waals surface area contributed by atoms with Crippen LogP contribution in [0.4, 0.5) is 0 Å². The second-order valence-corrected chi connectivity index (χ2v) is 5.74. The zero-order valence-corrected chi connectivity index (χ0v) is 10.3. The minimum atomic E-state index is -0.770. The van der Waals surface area contributed by atoms with Gasteiger partial charge in [0.2, 0.25) is 0 Å². The van der Waals surface area contributed by atoms with Crippen molar-refractivity contribution in [2.45, 2.75) is 20.8 Å². The molecule has 0 spiro atoms. The second-order valence-electron chi connectivity index (χ2n) is 4.12. The van der Waals surface area contributed by atoms with Crippen molar-refractivity contribution in [3.05, 3.63) is 0 Å². The maximum Gasteiger partial charge on any atom is 0.0581 e. The molecule has 0 amide bonds. The molecule has 0 aliphatic heterocycles. The van der Waals surface area contributed by atoms with Crippen LogP contribution in [0.25, 0.3) is 0 Å². The Morgan fingerprint density at radius 3 is 2.50 bits per heavy atom. The Hall–Kier alpha value is 0.0700. The first kappa shape index (κ1) is 14.1. The van der Waals surface area contributed by atoms with Crippen molar-refractivity contribution >= 4 is 10.8 Å². The largest absolute Gasteiger partial charge is 0.380 e. The third kappa shape index (κ3) is 8.66. The van der Waals surface area contributed by atoms with Gasteiger partial charge in [-0.15, -0.1) is 0 Å². The molecule has 0 bridgehead atoms. The maximum atomic E-state index is 11.4. The molecule has 0 radical (unpaired) electrons. The van der Waals surface area contributed by atoms with E-state index in [0.29, 0.717) is 36.5 Å². The highest BCUT2D eigenvalue weighted by atomic mass is 32.2. The Labute approximate surface area is 89.9 Å². The maximum absolute atomic E-state index is 11.4. The second kappa shape index (κ2) is 8.38. The predicted molar refractivity (Wildman–Crippen MR) is 61.8 cm³/mol. The molecule has 0 aromatic heterocycles. The average Bonchev–Trinajstić information content (AvgIpc) is 2.12. The Bertz CT molecular complexity index is 162. The van der Waals surface area contributed by atoms with Crippen molar-refractivity contribution < 1.29 is 8.95 Å². The summed E-state index contributed by atoms with van der Waals surface area (Å²) in [4.78, 5) is 0. The lowest BCUT2D eigenvalue weighted by atomic mass is 10.2. The Morgan fingerprint density at radius 2 is 2.00 bits per heavy atom. The van der Waals surface area contributed by atoms with Crippen LogP contribution in [-0.4, -0.2) is 35.5 Å². The molecule has 4 heteroatoms. The topological polar surface area (TPSA) is 52.3 Å². The fourth-order valence-corrected chi connectivity index (χ4v) is 2.18. The molecule has 3 nitrogen and oxygen atoms in total. The molecule has 2 atom stereocenters. The van der Waals surface area contributed by atoms with Crippen molar-refractivity contribution in [3.63, 3.8) is 0 Å². The van der Waals surface area contributed by atoms with Crippen molar-refractivity contribution in [2.24, 2.45) is 17.6 Å². The van der Waals surface area contributed by atoms with E-state index in [1.807, 2.05) is 6.92 Å². The van der Waals surface area contributed by atoms with E-state index < -0.39 is 10.8 Å². The van der Waals surface area contributed by atoms with Gasteiger partial charge in [-0.05, 0) is 18.4 Å². The molecule has 0 saturated heterocycles. The number of hydrogen-bond donors (Lipinski definition) is 1.